The quantitative estimate of drug-likeness (QED) is 0.576. The standard InChI is InChI=1S/C20H21Cl2N3O4/c1-12-3-5-16(13(2)9-12)23-18(26)7-8-19(27)24-25-20(28)11-29-17-6-4-14(21)10-15(17)22/h3-6,9-10H,7-8,11H2,1-2H3,(H,23,26)(H,24,27)(H,25,28). The molecule has 7 nitrogen and oxygen atoms in total. The topological polar surface area (TPSA) is 96.5 Å². The molecule has 3 amide bonds. The molecule has 0 radical (unpaired) electrons. The number of aryl methyl sites for hydroxylation is 2. The highest BCUT2D eigenvalue weighted by molar-refractivity contribution is 6.35. The molecule has 0 aromatic heterocycles. The average Bonchev–Trinajstić information content (AvgIpc) is 2.66. The Morgan fingerprint density at radius 1 is 0.897 bits per heavy atom. The molecular weight excluding hydrogens is 417 g/mol. The highest BCUT2D eigenvalue weighted by Crippen LogP contribution is 2.27. The first-order valence-corrected chi connectivity index (χ1v) is 9.53. The lowest BCUT2D eigenvalue weighted by molar-refractivity contribution is -0.130. The van der Waals surface area contributed by atoms with E-state index in [4.69, 9.17) is 27.9 Å². The largest absolute Gasteiger partial charge is 0.482 e. The Balaban J connectivity index is 1.68. The maximum atomic E-state index is 12.0. The summed E-state index contributed by atoms with van der Waals surface area (Å²) in [5.41, 5.74) is 7.17. The van der Waals surface area contributed by atoms with Crippen LogP contribution in [0.5, 0.6) is 5.75 Å². The normalized spacial score (nSPS) is 10.2. The average molecular weight is 438 g/mol. The van der Waals surface area contributed by atoms with Crippen molar-refractivity contribution < 1.29 is 19.1 Å². The molecule has 154 valence electrons. The van der Waals surface area contributed by atoms with Crippen LogP contribution in [0.4, 0.5) is 5.69 Å². The van der Waals surface area contributed by atoms with Crippen molar-refractivity contribution in [3.8, 4) is 5.75 Å². The lowest BCUT2D eigenvalue weighted by atomic mass is 10.1. The molecule has 2 aromatic carbocycles. The van der Waals surface area contributed by atoms with Gasteiger partial charge in [0.1, 0.15) is 5.75 Å². The molecule has 0 bridgehead atoms. The first-order valence-electron chi connectivity index (χ1n) is 8.77. The lowest BCUT2D eigenvalue weighted by Gasteiger charge is -2.11. The molecule has 3 N–H and O–H groups in total. The van der Waals surface area contributed by atoms with Gasteiger partial charge in [-0.15, -0.1) is 0 Å². The van der Waals surface area contributed by atoms with E-state index in [1.54, 1.807) is 6.07 Å². The smallest absolute Gasteiger partial charge is 0.276 e. The minimum Gasteiger partial charge on any atom is -0.482 e. The first-order chi connectivity index (χ1) is 13.7. The van der Waals surface area contributed by atoms with Crippen molar-refractivity contribution in [1.82, 2.24) is 10.9 Å². The maximum Gasteiger partial charge on any atom is 0.276 e. The molecule has 0 fully saturated rings. The first kappa shape index (κ1) is 22.5. The molecular formula is C20H21Cl2N3O4. The van der Waals surface area contributed by atoms with Gasteiger partial charge in [0.15, 0.2) is 6.61 Å². The zero-order valence-corrected chi connectivity index (χ0v) is 17.5. The summed E-state index contributed by atoms with van der Waals surface area (Å²) < 4.78 is 5.25. The Kier molecular flexibility index (Phi) is 8.30. The van der Waals surface area contributed by atoms with E-state index < -0.39 is 11.8 Å². The molecule has 0 spiro atoms. The maximum absolute atomic E-state index is 12.0. The SMILES string of the molecule is Cc1ccc(NC(=O)CCC(=O)NNC(=O)COc2ccc(Cl)cc2Cl)c(C)c1. The van der Waals surface area contributed by atoms with Crippen molar-refractivity contribution in [1.29, 1.82) is 0 Å². The third kappa shape index (κ3) is 7.63. The third-order valence-electron chi connectivity index (χ3n) is 3.83. The summed E-state index contributed by atoms with van der Waals surface area (Å²) in [6.45, 7) is 3.51. The predicted octanol–water partition coefficient (Wildman–Crippen LogP) is 3.56. The van der Waals surface area contributed by atoms with Gasteiger partial charge in [-0.05, 0) is 43.7 Å². The van der Waals surface area contributed by atoms with Crippen LogP contribution in [0.1, 0.15) is 24.0 Å². The van der Waals surface area contributed by atoms with Gasteiger partial charge < -0.3 is 10.1 Å². The van der Waals surface area contributed by atoms with E-state index in [9.17, 15) is 14.4 Å². The van der Waals surface area contributed by atoms with E-state index in [1.165, 1.54) is 12.1 Å². The van der Waals surface area contributed by atoms with Crippen LogP contribution in [0.2, 0.25) is 10.0 Å². The fourth-order valence-electron chi connectivity index (χ4n) is 2.37. The number of ether oxygens (including phenoxy) is 1. The fourth-order valence-corrected chi connectivity index (χ4v) is 2.83. The van der Waals surface area contributed by atoms with Gasteiger partial charge in [0.25, 0.3) is 5.91 Å². The fraction of sp³-hybridized carbons (Fsp3) is 0.250. The van der Waals surface area contributed by atoms with Crippen LogP contribution in [0, 0.1) is 13.8 Å². The van der Waals surface area contributed by atoms with E-state index in [-0.39, 0.29) is 30.4 Å². The van der Waals surface area contributed by atoms with E-state index in [0.717, 1.165) is 11.1 Å². The number of anilines is 1. The summed E-state index contributed by atoms with van der Waals surface area (Å²) in [7, 11) is 0. The number of halogens is 2. The molecule has 9 heteroatoms. The van der Waals surface area contributed by atoms with Gasteiger partial charge in [-0.25, -0.2) is 0 Å². The Morgan fingerprint density at radius 3 is 2.28 bits per heavy atom. The molecule has 2 rings (SSSR count). The molecule has 0 atom stereocenters. The number of hydrogen-bond donors (Lipinski definition) is 3. The molecule has 29 heavy (non-hydrogen) atoms. The van der Waals surface area contributed by atoms with E-state index in [0.29, 0.717) is 16.5 Å². The zero-order valence-electron chi connectivity index (χ0n) is 16.0. The number of nitrogens with one attached hydrogen (secondary N) is 3. The van der Waals surface area contributed by atoms with Gasteiger partial charge in [-0.1, -0.05) is 40.9 Å². The predicted molar refractivity (Wildman–Crippen MR) is 112 cm³/mol. The van der Waals surface area contributed by atoms with Crippen LogP contribution in [0.25, 0.3) is 0 Å². The monoisotopic (exact) mass is 437 g/mol. The Labute approximate surface area is 178 Å². The molecule has 0 unspecified atom stereocenters. The third-order valence-corrected chi connectivity index (χ3v) is 4.36. The molecule has 0 aliphatic rings. The van der Waals surface area contributed by atoms with Crippen molar-refractivity contribution in [2.45, 2.75) is 26.7 Å². The number of rotatable bonds is 7. The van der Waals surface area contributed by atoms with Crippen LogP contribution in [-0.2, 0) is 14.4 Å². The summed E-state index contributed by atoms with van der Waals surface area (Å²) >= 11 is 11.7. The number of hydrazine groups is 1. The molecule has 0 heterocycles. The van der Waals surface area contributed by atoms with Gasteiger partial charge in [0.05, 0.1) is 5.02 Å². The van der Waals surface area contributed by atoms with E-state index >= 15 is 0 Å². The highest BCUT2D eigenvalue weighted by atomic mass is 35.5. The van der Waals surface area contributed by atoms with Crippen LogP contribution in [-0.4, -0.2) is 24.3 Å². The summed E-state index contributed by atoms with van der Waals surface area (Å²) in [5, 5.41) is 3.47. The van der Waals surface area contributed by atoms with Crippen LogP contribution >= 0.6 is 23.2 Å². The summed E-state index contributed by atoms with van der Waals surface area (Å²) in [6, 6.07) is 10.3. The number of hydrogen-bond acceptors (Lipinski definition) is 4. The second-order valence-electron chi connectivity index (χ2n) is 6.33. The van der Waals surface area contributed by atoms with Gasteiger partial charge in [0.2, 0.25) is 11.8 Å². The van der Waals surface area contributed by atoms with E-state index in [2.05, 4.69) is 16.2 Å². The second kappa shape index (κ2) is 10.7. The second-order valence-corrected chi connectivity index (χ2v) is 7.17. The van der Waals surface area contributed by atoms with Crippen LogP contribution in [0.15, 0.2) is 36.4 Å². The van der Waals surface area contributed by atoms with Crippen molar-refractivity contribution in [3.63, 3.8) is 0 Å². The zero-order chi connectivity index (χ0) is 21.4. The van der Waals surface area contributed by atoms with Crippen molar-refractivity contribution in [2.24, 2.45) is 0 Å². The minimum atomic E-state index is -0.580. The Morgan fingerprint density at radius 2 is 1.59 bits per heavy atom. The van der Waals surface area contributed by atoms with Crippen molar-refractivity contribution >= 4 is 46.6 Å². The van der Waals surface area contributed by atoms with Gasteiger partial charge in [0, 0.05) is 23.6 Å². The molecule has 0 saturated carbocycles. The minimum absolute atomic E-state index is 0.0219. The number of benzene rings is 2. The molecule has 2 aromatic rings. The van der Waals surface area contributed by atoms with Crippen molar-refractivity contribution in [3.05, 3.63) is 57.6 Å². The molecule has 0 aliphatic heterocycles. The van der Waals surface area contributed by atoms with Crippen molar-refractivity contribution in [2.75, 3.05) is 11.9 Å². The van der Waals surface area contributed by atoms with Crippen LogP contribution in [0.3, 0.4) is 0 Å². The Hall–Kier alpha value is -2.77. The van der Waals surface area contributed by atoms with Gasteiger partial charge in [-0.3, -0.25) is 25.2 Å². The molecule has 0 saturated heterocycles. The molecule has 0 aliphatic carbocycles. The highest BCUT2D eigenvalue weighted by Gasteiger charge is 2.11. The summed E-state index contributed by atoms with van der Waals surface area (Å²) in [5.74, 6) is -1.08. The number of carbonyl (C=O) groups excluding carboxylic acids is 3. The van der Waals surface area contributed by atoms with E-state index in [1.807, 2.05) is 32.0 Å². The number of carbonyl (C=O) groups is 3. The van der Waals surface area contributed by atoms with Gasteiger partial charge in [-0.2, -0.15) is 0 Å². The lowest BCUT2D eigenvalue weighted by Crippen LogP contribution is -2.44. The Bertz CT molecular complexity index is 919. The number of amides is 3. The van der Waals surface area contributed by atoms with Gasteiger partial charge >= 0.3 is 0 Å². The summed E-state index contributed by atoms with van der Waals surface area (Å²) in [6.07, 6.45) is -0.104. The summed E-state index contributed by atoms with van der Waals surface area (Å²) in [4.78, 5) is 35.5. The van der Waals surface area contributed by atoms with Crippen LogP contribution < -0.4 is 20.9 Å².